The number of ether oxygens (including phenoxy) is 3. The Morgan fingerprint density at radius 2 is 0.750 bits per heavy atom. The zero-order valence-corrected chi connectivity index (χ0v) is 59.4. The first-order chi connectivity index (χ1) is 45.8. The van der Waals surface area contributed by atoms with Crippen molar-refractivity contribution >= 4 is 57.7 Å². The number of nitrogens with zero attached hydrogens (tertiary/aromatic N) is 8. The molecule has 0 bridgehead atoms. The summed E-state index contributed by atoms with van der Waals surface area (Å²) in [6.45, 7) is 13.0. The van der Waals surface area contributed by atoms with Crippen molar-refractivity contribution in [3.05, 3.63) is 141 Å². The molecule has 0 radical (unpaired) electrons. The maximum Gasteiger partial charge on any atom is 0.175 e. The molecule has 15 nitrogen and oxygen atoms in total. The van der Waals surface area contributed by atoms with Gasteiger partial charge in [-0.05, 0) is 304 Å². The van der Waals surface area contributed by atoms with Crippen LogP contribution in [0.25, 0.3) is 32.9 Å². The van der Waals surface area contributed by atoms with E-state index in [4.69, 9.17) is 27.8 Å². The van der Waals surface area contributed by atoms with E-state index in [2.05, 4.69) is 124 Å². The van der Waals surface area contributed by atoms with Crippen LogP contribution in [-0.2, 0) is 52.0 Å². The van der Waals surface area contributed by atoms with Gasteiger partial charge in [0, 0.05) is 48.9 Å². The Hall–Kier alpha value is -5.89. The Balaban J connectivity index is 0.000000157. The molecule has 8 aromatic rings. The lowest BCUT2D eigenvalue weighted by atomic mass is 9.91. The van der Waals surface area contributed by atoms with E-state index in [0.717, 1.165) is 231 Å². The summed E-state index contributed by atoms with van der Waals surface area (Å²) in [5.74, 6) is 6.89. The molecule has 3 saturated heterocycles. The molecule has 1 N–H and O–H groups in total. The molecule has 14 rings (SSSR count). The normalized spacial score (nSPS) is 17.6. The highest BCUT2D eigenvalue weighted by molar-refractivity contribution is 5.87. The predicted molar refractivity (Wildman–Crippen MR) is 383 cm³/mol. The average Bonchev–Trinajstić information content (AvgIpc) is 1.77. The van der Waals surface area contributed by atoms with Gasteiger partial charge in [-0.1, -0.05) is 39.7 Å². The molecular weight excluding hydrogens is 1260 g/mol. The number of rotatable bonds is 28. The van der Waals surface area contributed by atoms with Gasteiger partial charge in [-0.2, -0.15) is 0 Å². The third-order valence-electron chi connectivity index (χ3n) is 20.1. The topological polar surface area (TPSA) is 134 Å². The lowest BCUT2D eigenvalue weighted by Gasteiger charge is -2.32. The third-order valence-corrected chi connectivity index (χ3v) is 20.1. The van der Waals surface area contributed by atoms with Gasteiger partial charge in [0.1, 0.15) is 28.9 Å². The van der Waals surface area contributed by atoms with E-state index >= 15 is 0 Å². The Bertz CT molecular complexity index is 3520. The molecule has 3 aliphatic carbocycles. The van der Waals surface area contributed by atoms with Crippen LogP contribution in [-0.4, -0.2) is 141 Å². The number of halogens is 4. The molecule has 3 aliphatic heterocycles. The van der Waals surface area contributed by atoms with Crippen molar-refractivity contribution in [1.29, 1.82) is 0 Å². The highest BCUT2D eigenvalue weighted by Gasteiger charge is 2.29. The van der Waals surface area contributed by atoms with Crippen molar-refractivity contribution in [1.82, 2.24) is 45.3 Å². The molecule has 5 aromatic carbocycles. The molecular formula is C77H105Cl2F2N9O6. The number of hydrogen-bond acceptors (Lipinski definition) is 15. The van der Waals surface area contributed by atoms with Crippen molar-refractivity contribution in [2.45, 2.75) is 148 Å². The Morgan fingerprint density at radius 3 is 1.05 bits per heavy atom. The van der Waals surface area contributed by atoms with Crippen molar-refractivity contribution in [3.63, 3.8) is 0 Å². The van der Waals surface area contributed by atoms with E-state index in [1.165, 1.54) is 95.6 Å². The Labute approximate surface area is 580 Å². The zero-order chi connectivity index (χ0) is 64.9. The number of benzene rings is 5. The minimum atomic E-state index is -0.150. The fourth-order valence-corrected chi connectivity index (χ4v) is 13.9. The van der Waals surface area contributed by atoms with Crippen LogP contribution in [0.15, 0.2) is 98.5 Å². The van der Waals surface area contributed by atoms with Gasteiger partial charge in [-0.15, -0.1) is 24.8 Å². The highest BCUT2D eigenvalue weighted by atomic mass is 35.5. The molecule has 6 heterocycles. The maximum absolute atomic E-state index is 13.5. The van der Waals surface area contributed by atoms with Crippen molar-refractivity contribution in [3.8, 4) is 17.2 Å². The number of fused-ring (bicyclic) bond motifs is 3. The zero-order valence-electron chi connectivity index (χ0n) is 57.8. The molecule has 6 aliphatic rings. The quantitative estimate of drug-likeness (QED) is 0.0498. The Kier molecular flexibility index (Phi) is 26.7. The second-order valence-corrected chi connectivity index (χ2v) is 29.1. The molecule has 6 fully saturated rings. The van der Waals surface area contributed by atoms with Crippen molar-refractivity contribution in [2.24, 2.45) is 35.5 Å². The number of likely N-dealkylation sites (tertiary alicyclic amines) is 2. The number of hydrogen-bond donors (Lipinski definition) is 1. The summed E-state index contributed by atoms with van der Waals surface area (Å²) in [6, 6.07) is 26.7. The summed E-state index contributed by atoms with van der Waals surface area (Å²) in [4.78, 5) is 11.3. The van der Waals surface area contributed by atoms with E-state index in [9.17, 15) is 8.78 Å². The SMILES string of the molecule is CN(C)Cc1c(OCC2CC2)ccc2c(CCC3CCN(Cc4cccc(F)c4)CC3)noc12.CN(C)Cc1c(OCC2CC2)ccc2c(CCC3CCN(Cc4cccc(F)c4)CC3)noc12.CN(C)Cc1c(OCC2CC2)ccc2c(CCC3CCNCC3)noc12.Cl.Cl. The number of nitrogens with one attached hydrogen (secondary N) is 1. The monoisotopic (exact) mass is 1360 g/mol. The number of aryl methyl sites for hydroxylation is 3. The van der Waals surface area contributed by atoms with E-state index in [-0.39, 0.29) is 36.4 Å². The smallest absolute Gasteiger partial charge is 0.175 e. The molecule has 3 saturated carbocycles. The summed E-state index contributed by atoms with van der Waals surface area (Å²) in [5, 5.41) is 20.2. The fraction of sp³-hybridized carbons (Fsp3) is 0.571. The first-order valence-electron chi connectivity index (χ1n) is 35.5. The summed E-state index contributed by atoms with van der Waals surface area (Å²) in [7, 11) is 12.4. The van der Waals surface area contributed by atoms with Crippen LogP contribution < -0.4 is 19.5 Å². The summed E-state index contributed by atoms with van der Waals surface area (Å²) < 4.78 is 62.9. The van der Waals surface area contributed by atoms with Gasteiger partial charge < -0.3 is 47.8 Å². The van der Waals surface area contributed by atoms with Gasteiger partial charge in [0.15, 0.2) is 16.7 Å². The van der Waals surface area contributed by atoms with Gasteiger partial charge in [-0.25, -0.2) is 8.78 Å². The fourth-order valence-electron chi connectivity index (χ4n) is 13.9. The van der Waals surface area contributed by atoms with E-state index in [1.54, 1.807) is 24.3 Å². The minimum absolute atomic E-state index is 0. The van der Waals surface area contributed by atoms with Gasteiger partial charge in [0.2, 0.25) is 0 Å². The van der Waals surface area contributed by atoms with Crippen LogP contribution in [0, 0.1) is 47.1 Å². The second kappa shape index (κ2) is 35.2. The maximum atomic E-state index is 13.5. The van der Waals surface area contributed by atoms with Crippen LogP contribution in [0.2, 0.25) is 0 Å². The standard InChI is InChI=1S/2C28H36FN3O2.C21H31N3O2.2ClH/c2*1-31(2)18-25-27(33-19-21-6-7-21)11-9-24-26(30-34-28(24)25)10-8-20-12-14-32(15-13-20)17-22-4-3-5-23(29)16-22;1-24(2)13-18-20(25-14-16-3-4-16)8-6-17-19(23-26-21(17)18)7-5-15-9-11-22-12-10-15;;/h2*3-5,9,11,16,20-21H,6-8,10,12-15,17-19H2,1-2H3;6,8,15-16,22H,3-5,7,9-14H2,1-2H3;2*1H. The molecule has 0 spiro atoms. The summed E-state index contributed by atoms with van der Waals surface area (Å²) in [5.41, 5.74) is 11.3. The van der Waals surface area contributed by atoms with Crippen LogP contribution in [0.5, 0.6) is 17.2 Å². The minimum Gasteiger partial charge on any atom is -0.493 e. The van der Waals surface area contributed by atoms with Gasteiger partial charge >= 0.3 is 0 Å². The average molecular weight is 1360 g/mol. The first-order valence-corrected chi connectivity index (χ1v) is 35.5. The third kappa shape index (κ3) is 20.8. The number of aromatic nitrogens is 3. The highest BCUT2D eigenvalue weighted by Crippen LogP contribution is 2.39. The van der Waals surface area contributed by atoms with Gasteiger partial charge in [0.25, 0.3) is 0 Å². The molecule has 0 unspecified atom stereocenters. The van der Waals surface area contributed by atoms with Crippen LogP contribution in [0.4, 0.5) is 8.78 Å². The van der Waals surface area contributed by atoms with Crippen molar-refractivity contribution in [2.75, 3.05) is 101 Å². The molecule has 0 atom stereocenters. The largest absolute Gasteiger partial charge is 0.493 e. The van der Waals surface area contributed by atoms with E-state index < -0.39 is 0 Å². The molecule has 522 valence electrons. The predicted octanol–water partition coefficient (Wildman–Crippen LogP) is 15.8. The van der Waals surface area contributed by atoms with Gasteiger partial charge in [0.05, 0.1) is 53.6 Å². The summed E-state index contributed by atoms with van der Waals surface area (Å²) in [6.07, 6.45) is 21.3. The van der Waals surface area contributed by atoms with E-state index in [1.807, 2.05) is 12.1 Å². The lowest BCUT2D eigenvalue weighted by Crippen LogP contribution is -2.33. The molecule has 3 aromatic heterocycles. The number of piperidine rings is 3. The molecule has 19 heteroatoms. The molecule has 0 amide bonds. The second-order valence-electron chi connectivity index (χ2n) is 29.1. The summed E-state index contributed by atoms with van der Waals surface area (Å²) >= 11 is 0. The Morgan fingerprint density at radius 1 is 0.427 bits per heavy atom. The van der Waals surface area contributed by atoms with Crippen LogP contribution in [0.3, 0.4) is 0 Å². The van der Waals surface area contributed by atoms with Crippen LogP contribution >= 0.6 is 24.8 Å². The van der Waals surface area contributed by atoms with Crippen molar-refractivity contribution < 1.29 is 36.6 Å². The van der Waals surface area contributed by atoms with E-state index in [0.29, 0.717) is 23.7 Å². The first kappa shape index (κ1) is 72.8. The molecule has 96 heavy (non-hydrogen) atoms. The lowest BCUT2D eigenvalue weighted by molar-refractivity contribution is 0.172. The van der Waals surface area contributed by atoms with Crippen LogP contribution in [0.1, 0.15) is 141 Å². The van der Waals surface area contributed by atoms with Gasteiger partial charge in [-0.3, -0.25) is 9.80 Å².